The van der Waals surface area contributed by atoms with Gasteiger partial charge in [0.1, 0.15) is 16.7 Å². The normalized spacial score (nSPS) is 13.0. The number of carbonyl (C=O) groups excluding carboxylic acids is 1. The highest BCUT2D eigenvalue weighted by Gasteiger charge is 2.33. The van der Waals surface area contributed by atoms with Crippen LogP contribution in [-0.4, -0.2) is 40.2 Å². The molecule has 11 heteroatoms. The molecule has 0 unspecified atom stereocenters. The number of pyridine rings is 1. The van der Waals surface area contributed by atoms with E-state index in [9.17, 15) is 29.7 Å². The lowest BCUT2D eigenvalue weighted by molar-refractivity contribution is -0.140. The zero-order chi connectivity index (χ0) is 28.1. The Morgan fingerprint density at radius 2 is 1.70 bits per heavy atom. The van der Waals surface area contributed by atoms with E-state index < -0.39 is 51.9 Å². The minimum atomic E-state index is -1.28. The number of hydrogen-bond donors (Lipinski definition) is 4. The topological polar surface area (TPSA) is 169 Å². The van der Waals surface area contributed by atoms with Crippen LogP contribution in [0.2, 0.25) is 0 Å². The predicted octanol–water partition coefficient (Wildman–Crippen LogP) is 3.84. The van der Waals surface area contributed by atoms with Crippen LogP contribution in [0.25, 0.3) is 33.2 Å². The Morgan fingerprint density at radius 3 is 2.42 bits per heavy atom. The maximum Gasteiger partial charge on any atom is 0.306 e. The molecular formula is C29H21NO10. The molecule has 4 N–H and O–H groups in total. The van der Waals surface area contributed by atoms with E-state index in [-0.39, 0.29) is 29.3 Å². The lowest BCUT2D eigenvalue weighted by Crippen LogP contribution is -2.20. The van der Waals surface area contributed by atoms with Crippen molar-refractivity contribution in [1.29, 1.82) is 0 Å². The van der Waals surface area contributed by atoms with Crippen molar-refractivity contribution < 1.29 is 38.7 Å². The van der Waals surface area contributed by atoms with Crippen LogP contribution in [0, 0.1) is 0 Å². The molecule has 6 rings (SSSR count). The number of benzene rings is 3. The minimum absolute atomic E-state index is 0.00813. The molecule has 2 aromatic heterocycles. The number of phenols is 3. The van der Waals surface area contributed by atoms with Crippen LogP contribution in [-0.2, 0) is 9.53 Å². The van der Waals surface area contributed by atoms with Gasteiger partial charge in [0.15, 0.2) is 28.4 Å². The molecule has 1 aliphatic heterocycles. The zero-order valence-electron chi connectivity index (χ0n) is 20.9. The third-order valence-electron chi connectivity index (χ3n) is 6.88. The number of methoxy groups -OCH3 is 1. The van der Waals surface area contributed by atoms with Crippen LogP contribution < -0.4 is 20.5 Å². The Bertz CT molecular complexity index is 1940. The molecule has 5 aromatic rings. The summed E-state index contributed by atoms with van der Waals surface area (Å²) in [6.45, 7) is 0.0170. The summed E-state index contributed by atoms with van der Waals surface area (Å²) in [5, 5.41) is 32.4. The fourth-order valence-electron chi connectivity index (χ4n) is 4.93. The number of fused-ring (bicyclic) bond motifs is 3. The van der Waals surface area contributed by atoms with Crippen molar-refractivity contribution >= 4 is 27.8 Å². The molecule has 1 aliphatic rings. The second kappa shape index (κ2) is 9.38. The van der Waals surface area contributed by atoms with Crippen molar-refractivity contribution in [3.05, 3.63) is 86.3 Å². The molecule has 0 amide bonds. The third-order valence-corrected chi connectivity index (χ3v) is 6.88. The first-order chi connectivity index (χ1) is 19.3. The van der Waals surface area contributed by atoms with E-state index in [1.54, 1.807) is 42.5 Å². The van der Waals surface area contributed by atoms with Crippen molar-refractivity contribution in [2.45, 2.75) is 12.3 Å². The van der Waals surface area contributed by atoms with Gasteiger partial charge in [-0.25, -0.2) is 0 Å². The first-order valence-corrected chi connectivity index (χ1v) is 12.1. The van der Waals surface area contributed by atoms with Gasteiger partial charge in [-0.15, -0.1) is 0 Å². The number of carbonyl (C=O) groups is 1. The maximum atomic E-state index is 13.4. The van der Waals surface area contributed by atoms with Gasteiger partial charge in [0, 0.05) is 40.1 Å². The second-order valence-electron chi connectivity index (χ2n) is 9.18. The van der Waals surface area contributed by atoms with Crippen molar-refractivity contribution in [3.8, 4) is 40.1 Å². The summed E-state index contributed by atoms with van der Waals surface area (Å²) in [6, 6.07) is 14.5. The largest absolute Gasteiger partial charge is 0.504 e. The number of rotatable bonds is 5. The van der Waals surface area contributed by atoms with Gasteiger partial charge >= 0.3 is 5.97 Å². The third kappa shape index (κ3) is 3.95. The van der Waals surface area contributed by atoms with Crippen LogP contribution in [0.3, 0.4) is 0 Å². The quantitative estimate of drug-likeness (QED) is 0.189. The average Bonchev–Trinajstić information content (AvgIpc) is 3.41. The standard InChI is InChI=1S/C29H21NO10/c1-37-22(32)9-15(16-7-14-8-20-21(39-12-38-20)10-17(14)30-29(16)36)23-25(33)27(35)26(34)24-18(31)11-19(40-28(23)24)13-5-3-2-4-6-13/h2-8,10-11,15,33-35H,9,12H2,1H3,(H,30,36)/t15-/m1/s1. The van der Waals surface area contributed by atoms with Gasteiger partial charge < -0.3 is 38.9 Å². The van der Waals surface area contributed by atoms with Gasteiger partial charge in [-0.05, 0) is 12.1 Å². The van der Waals surface area contributed by atoms with E-state index in [0.29, 0.717) is 28.0 Å². The fourth-order valence-corrected chi connectivity index (χ4v) is 4.93. The van der Waals surface area contributed by atoms with Crippen LogP contribution in [0.5, 0.6) is 28.7 Å². The number of aromatic hydroxyl groups is 3. The summed E-state index contributed by atoms with van der Waals surface area (Å²) >= 11 is 0. The molecule has 0 fully saturated rings. The Hall–Kier alpha value is -5.45. The zero-order valence-corrected chi connectivity index (χ0v) is 20.9. The van der Waals surface area contributed by atoms with Crippen LogP contribution in [0.15, 0.2) is 68.6 Å². The van der Waals surface area contributed by atoms with E-state index >= 15 is 0 Å². The highest BCUT2D eigenvalue weighted by atomic mass is 16.7. The summed E-state index contributed by atoms with van der Waals surface area (Å²) in [5.41, 5.74) is -0.965. The van der Waals surface area contributed by atoms with E-state index in [4.69, 9.17) is 18.6 Å². The maximum absolute atomic E-state index is 13.4. The molecule has 202 valence electrons. The predicted molar refractivity (Wildman–Crippen MR) is 142 cm³/mol. The number of nitrogens with one attached hydrogen (secondary N) is 1. The monoisotopic (exact) mass is 543 g/mol. The Labute approximate surface area is 224 Å². The lowest BCUT2D eigenvalue weighted by Gasteiger charge is -2.21. The number of H-pyrrole nitrogens is 1. The molecule has 0 saturated heterocycles. The minimum Gasteiger partial charge on any atom is -0.504 e. The molecule has 0 saturated carbocycles. The van der Waals surface area contributed by atoms with Gasteiger partial charge in [-0.2, -0.15) is 0 Å². The summed E-state index contributed by atoms with van der Waals surface area (Å²) < 4.78 is 21.7. The van der Waals surface area contributed by atoms with Crippen molar-refractivity contribution in [3.63, 3.8) is 0 Å². The van der Waals surface area contributed by atoms with E-state index in [2.05, 4.69) is 4.98 Å². The first-order valence-electron chi connectivity index (χ1n) is 12.1. The number of aromatic amines is 1. The molecule has 40 heavy (non-hydrogen) atoms. The summed E-state index contributed by atoms with van der Waals surface area (Å²) in [4.78, 5) is 41.9. The van der Waals surface area contributed by atoms with Gasteiger partial charge in [0.2, 0.25) is 12.5 Å². The van der Waals surface area contributed by atoms with Gasteiger partial charge in [-0.1, -0.05) is 30.3 Å². The molecular weight excluding hydrogens is 522 g/mol. The first kappa shape index (κ1) is 24.9. The molecule has 3 aromatic carbocycles. The summed E-state index contributed by atoms with van der Waals surface area (Å²) in [7, 11) is 1.16. The highest BCUT2D eigenvalue weighted by molar-refractivity contribution is 5.94. The molecule has 0 bridgehead atoms. The molecule has 11 nitrogen and oxygen atoms in total. The van der Waals surface area contributed by atoms with E-state index in [1.807, 2.05) is 0 Å². The van der Waals surface area contributed by atoms with Crippen LogP contribution >= 0.6 is 0 Å². The fraction of sp³-hybridized carbons (Fsp3) is 0.138. The molecule has 1 atom stereocenters. The Kier molecular flexibility index (Phi) is 5.83. The van der Waals surface area contributed by atoms with Crippen molar-refractivity contribution in [1.82, 2.24) is 4.98 Å². The van der Waals surface area contributed by atoms with Crippen molar-refractivity contribution in [2.24, 2.45) is 0 Å². The Balaban J connectivity index is 1.67. The van der Waals surface area contributed by atoms with Crippen LogP contribution in [0.4, 0.5) is 0 Å². The molecule has 3 heterocycles. The average molecular weight is 543 g/mol. The number of aromatic nitrogens is 1. The van der Waals surface area contributed by atoms with Crippen LogP contribution in [0.1, 0.15) is 23.5 Å². The van der Waals surface area contributed by atoms with E-state index in [1.165, 1.54) is 6.07 Å². The van der Waals surface area contributed by atoms with E-state index in [0.717, 1.165) is 13.2 Å². The smallest absolute Gasteiger partial charge is 0.306 e. The molecule has 0 aliphatic carbocycles. The highest BCUT2D eigenvalue weighted by Crippen LogP contribution is 2.49. The van der Waals surface area contributed by atoms with Crippen molar-refractivity contribution in [2.75, 3.05) is 13.9 Å². The number of hydrogen-bond acceptors (Lipinski definition) is 10. The van der Waals surface area contributed by atoms with Gasteiger partial charge in [0.05, 0.1) is 19.0 Å². The van der Waals surface area contributed by atoms with Gasteiger partial charge in [0.25, 0.3) is 5.56 Å². The molecule has 0 radical (unpaired) electrons. The number of ether oxygens (including phenoxy) is 3. The SMILES string of the molecule is COC(=O)C[C@H](c1cc2cc3c(cc2[nH]c1=O)OCO3)c1c(O)c(O)c(O)c2c(=O)cc(-c3ccccc3)oc12. The van der Waals surface area contributed by atoms with Gasteiger partial charge in [-0.3, -0.25) is 14.4 Å². The molecule has 0 spiro atoms. The second-order valence-corrected chi connectivity index (χ2v) is 9.18. The Morgan fingerprint density at radius 1 is 0.975 bits per heavy atom. The number of esters is 1. The summed E-state index contributed by atoms with van der Waals surface area (Å²) in [5.74, 6) is -3.81. The lowest BCUT2D eigenvalue weighted by atomic mass is 9.86. The number of phenolic OH excluding ortho intramolecular Hbond substituents is 3. The summed E-state index contributed by atoms with van der Waals surface area (Å²) in [6.07, 6.45) is -0.484.